The summed E-state index contributed by atoms with van der Waals surface area (Å²) in [6.45, 7) is 4.51. The SMILES string of the molecule is CCC1SCCSC1C(Cc1cccc(C)c1)NC. The van der Waals surface area contributed by atoms with Crippen molar-refractivity contribution in [3.8, 4) is 0 Å². The van der Waals surface area contributed by atoms with Crippen molar-refractivity contribution in [3.63, 3.8) is 0 Å². The third kappa shape index (κ3) is 4.17. The Morgan fingerprint density at radius 1 is 1.32 bits per heavy atom. The van der Waals surface area contributed by atoms with Gasteiger partial charge in [-0.05, 0) is 32.4 Å². The lowest BCUT2D eigenvalue weighted by atomic mass is 9.99. The van der Waals surface area contributed by atoms with Crippen molar-refractivity contribution in [2.75, 3.05) is 18.6 Å². The highest BCUT2D eigenvalue weighted by Crippen LogP contribution is 2.35. The highest BCUT2D eigenvalue weighted by Gasteiger charge is 2.31. The minimum absolute atomic E-state index is 0.588. The molecule has 0 aliphatic carbocycles. The Morgan fingerprint density at radius 3 is 2.79 bits per heavy atom. The summed E-state index contributed by atoms with van der Waals surface area (Å²) >= 11 is 4.34. The Kier molecular flexibility index (Phi) is 6.11. The number of thioether (sulfide) groups is 2. The van der Waals surface area contributed by atoms with Gasteiger partial charge in [-0.15, -0.1) is 0 Å². The first-order valence-corrected chi connectivity index (χ1v) is 9.30. The Bertz CT molecular complexity index is 394. The van der Waals surface area contributed by atoms with E-state index in [1.54, 1.807) is 0 Å². The van der Waals surface area contributed by atoms with Crippen LogP contribution in [0.3, 0.4) is 0 Å². The molecule has 0 saturated carbocycles. The van der Waals surface area contributed by atoms with Crippen LogP contribution in [0.2, 0.25) is 0 Å². The van der Waals surface area contributed by atoms with Gasteiger partial charge in [0.2, 0.25) is 0 Å². The lowest BCUT2D eigenvalue weighted by Gasteiger charge is -2.36. The Labute approximate surface area is 126 Å². The van der Waals surface area contributed by atoms with Crippen LogP contribution >= 0.6 is 23.5 Å². The first kappa shape index (κ1) is 15.3. The van der Waals surface area contributed by atoms with Crippen LogP contribution in [0.1, 0.15) is 24.5 Å². The van der Waals surface area contributed by atoms with Crippen molar-refractivity contribution in [2.45, 2.75) is 43.2 Å². The van der Waals surface area contributed by atoms with Crippen LogP contribution < -0.4 is 5.32 Å². The summed E-state index contributed by atoms with van der Waals surface area (Å²) in [5.74, 6) is 2.62. The molecule has 1 heterocycles. The molecule has 3 atom stereocenters. The smallest absolute Gasteiger partial charge is 0.0323 e. The van der Waals surface area contributed by atoms with Crippen LogP contribution in [0.5, 0.6) is 0 Å². The van der Waals surface area contributed by atoms with Gasteiger partial charge in [-0.2, -0.15) is 23.5 Å². The number of hydrogen-bond acceptors (Lipinski definition) is 3. The molecule has 0 spiro atoms. The molecule has 3 heteroatoms. The van der Waals surface area contributed by atoms with Gasteiger partial charge in [0.05, 0.1) is 0 Å². The molecule has 1 aromatic carbocycles. The minimum Gasteiger partial charge on any atom is -0.316 e. The van der Waals surface area contributed by atoms with E-state index < -0.39 is 0 Å². The standard InChI is InChI=1S/C16H25NS2/c1-4-15-16(19-9-8-18-15)14(17-3)11-13-7-5-6-12(2)10-13/h5-7,10,14-17H,4,8-9,11H2,1-3H3. The van der Waals surface area contributed by atoms with E-state index in [4.69, 9.17) is 0 Å². The largest absolute Gasteiger partial charge is 0.316 e. The third-order valence-corrected chi connectivity index (χ3v) is 7.21. The first-order chi connectivity index (χ1) is 9.24. The van der Waals surface area contributed by atoms with Crippen molar-refractivity contribution < 1.29 is 0 Å². The zero-order valence-corrected chi connectivity index (χ0v) is 13.8. The molecule has 1 N–H and O–H groups in total. The number of nitrogens with one attached hydrogen (secondary N) is 1. The molecule has 1 aliphatic heterocycles. The van der Waals surface area contributed by atoms with Gasteiger partial charge in [0.15, 0.2) is 0 Å². The fourth-order valence-electron chi connectivity index (χ4n) is 2.79. The fourth-order valence-corrected chi connectivity index (χ4v) is 6.09. The van der Waals surface area contributed by atoms with Crippen molar-refractivity contribution >= 4 is 23.5 Å². The van der Waals surface area contributed by atoms with E-state index in [2.05, 4.69) is 74.0 Å². The van der Waals surface area contributed by atoms with Gasteiger partial charge in [0.1, 0.15) is 0 Å². The molecule has 2 rings (SSSR count). The van der Waals surface area contributed by atoms with E-state index in [0.29, 0.717) is 6.04 Å². The molecule has 0 amide bonds. The molecular weight excluding hydrogens is 270 g/mol. The maximum atomic E-state index is 3.57. The van der Waals surface area contributed by atoms with Gasteiger partial charge in [-0.1, -0.05) is 36.8 Å². The number of benzene rings is 1. The molecule has 106 valence electrons. The molecule has 0 aromatic heterocycles. The molecule has 19 heavy (non-hydrogen) atoms. The quantitative estimate of drug-likeness (QED) is 0.888. The van der Waals surface area contributed by atoms with Crippen molar-refractivity contribution in [1.29, 1.82) is 0 Å². The van der Waals surface area contributed by atoms with E-state index >= 15 is 0 Å². The number of rotatable bonds is 5. The summed E-state index contributed by atoms with van der Waals surface area (Å²) < 4.78 is 0. The predicted octanol–water partition coefficient (Wildman–Crippen LogP) is 3.75. The molecular formula is C16H25NS2. The van der Waals surface area contributed by atoms with Gasteiger partial charge in [-0.25, -0.2) is 0 Å². The number of aryl methyl sites for hydroxylation is 1. The predicted molar refractivity (Wildman–Crippen MR) is 90.5 cm³/mol. The average molecular weight is 296 g/mol. The van der Waals surface area contributed by atoms with Crippen molar-refractivity contribution in [1.82, 2.24) is 5.32 Å². The second kappa shape index (κ2) is 7.61. The summed E-state index contributed by atoms with van der Waals surface area (Å²) in [7, 11) is 2.12. The summed E-state index contributed by atoms with van der Waals surface area (Å²) in [4.78, 5) is 0. The minimum atomic E-state index is 0.588. The van der Waals surface area contributed by atoms with Gasteiger partial charge >= 0.3 is 0 Å². The Hall–Kier alpha value is -0.120. The fraction of sp³-hybridized carbons (Fsp3) is 0.625. The lowest BCUT2D eigenvalue weighted by molar-refractivity contribution is 0.517. The van der Waals surface area contributed by atoms with Crippen LogP contribution in [0.25, 0.3) is 0 Å². The molecule has 1 aromatic rings. The molecule has 3 unspecified atom stereocenters. The van der Waals surface area contributed by atoms with E-state index in [1.807, 2.05) is 0 Å². The van der Waals surface area contributed by atoms with Gasteiger partial charge in [0.25, 0.3) is 0 Å². The molecule has 0 bridgehead atoms. The summed E-state index contributed by atoms with van der Waals surface area (Å²) in [5.41, 5.74) is 2.83. The Balaban J connectivity index is 2.06. The molecule has 1 fully saturated rings. The third-order valence-electron chi connectivity index (χ3n) is 3.80. The van der Waals surface area contributed by atoms with Crippen molar-refractivity contribution in [3.05, 3.63) is 35.4 Å². The van der Waals surface area contributed by atoms with Gasteiger partial charge in [-0.3, -0.25) is 0 Å². The highest BCUT2D eigenvalue weighted by atomic mass is 32.2. The molecule has 1 saturated heterocycles. The second-order valence-electron chi connectivity index (χ2n) is 5.24. The monoisotopic (exact) mass is 295 g/mol. The maximum Gasteiger partial charge on any atom is 0.0323 e. The van der Waals surface area contributed by atoms with E-state index in [0.717, 1.165) is 16.9 Å². The normalized spacial score (nSPS) is 25.2. The van der Waals surface area contributed by atoms with Crippen LogP contribution in [0, 0.1) is 6.92 Å². The Morgan fingerprint density at radius 2 is 2.11 bits per heavy atom. The second-order valence-corrected chi connectivity index (χ2v) is 7.87. The highest BCUT2D eigenvalue weighted by molar-refractivity contribution is 8.07. The first-order valence-electron chi connectivity index (χ1n) is 7.20. The zero-order chi connectivity index (χ0) is 13.7. The summed E-state index contributed by atoms with van der Waals surface area (Å²) in [5, 5.41) is 5.12. The average Bonchev–Trinajstić information content (AvgIpc) is 2.45. The van der Waals surface area contributed by atoms with Gasteiger partial charge < -0.3 is 5.32 Å². The maximum absolute atomic E-state index is 3.57. The van der Waals surface area contributed by atoms with Crippen LogP contribution in [0.4, 0.5) is 0 Å². The molecule has 1 aliphatic rings. The van der Waals surface area contributed by atoms with E-state index in [1.165, 1.54) is 29.1 Å². The lowest BCUT2D eigenvalue weighted by Crippen LogP contribution is -2.44. The zero-order valence-electron chi connectivity index (χ0n) is 12.2. The molecule has 0 radical (unpaired) electrons. The number of likely N-dealkylation sites (N-methyl/N-ethyl adjacent to an activating group) is 1. The molecule has 1 nitrogen and oxygen atoms in total. The van der Waals surface area contributed by atoms with Gasteiger partial charge in [0, 0.05) is 28.0 Å². The van der Waals surface area contributed by atoms with Crippen LogP contribution in [-0.2, 0) is 6.42 Å². The topological polar surface area (TPSA) is 12.0 Å². The summed E-state index contributed by atoms with van der Waals surface area (Å²) in [6, 6.07) is 9.53. The van der Waals surface area contributed by atoms with E-state index in [9.17, 15) is 0 Å². The van der Waals surface area contributed by atoms with Crippen molar-refractivity contribution in [2.24, 2.45) is 0 Å². The summed E-state index contributed by atoms with van der Waals surface area (Å²) in [6.07, 6.45) is 2.43. The van der Waals surface area contributed by atoms with Crippen LogP contribution in [-0.4, -0.2) is 35.1 Å². The van der Waals surface area contributed by atoms with Crippen LogP contribution in [0.15, 0.2) is 24.3 Å². The number of hydrogen-bond donors (Lipinski definition) is 1. The van der Waals surface area contributed by atoms with E-state index in [-0.39, 0.29) is 0 Å².